The number of anilines is 1. The van der Waals surface area contributed by atoms with Crippen molar-refractivity contribution in [1.82, 2.24) is 14.7 Å². The summed E-state index contributed by atoms with van der Waals surface area (Å²) in [6.45, 7) is 13.2. The van der Waals surface area contributed by atoms with Gasteiger partial charge in [-0.2, -0.15) is 0 Å². The molecule has 1 aliphatic rings. The Hall–Kier alpha value is -1.35. The summed E-state index contributed by atoms with van der Waals surface area (Å²) < 4.78 is 26.7. The minimum absolute atomic E-state index is 0.0541. The molecule has 0 atom stereocenters. The second-order valence-corrected chi connectivity index (χ2v) is 10.7. The average Bonchev–Trinajstić information content (AvgIpc) is 2.73. The molecule has 0 saturated heterocycles. The van der Waals surface area contributed by atoms with E-state index < -0.39 is 10.0 Å². The van der Waals surface area contributed by atoms with Crippen molar-refractivity contribution in [2.45, 2.75) is 46.7 Å². The molecule has 0 N–H and O–H groups in total. The molecule has 1 aliphatic heterocycles. The van der Waals surface area contributed by atoms with Crippen LogP contribution < -0.4 is 4.31 Å². The number of halogens is 1. The van der Waals surface area contributed by atoms with Crippen LogP contribution in [0.4, 0.5) is 5.69 Å². The van der Waals surface area contributed by atoms with Crippen molar-refractivity contribution < 1.29 is 13.2 Å². The maximum Gasteiger partial charge on any atom is 0.237 e. The fourth-order valence-corrected chi connectivity index (χ4v) is 5.05. The predicted molar refractivity (Wildman–Crippen MR) is 128 cm³/mol. The van der Waals surface area contributed by atoms with Gasteiger partial charge in [-0.3, -0.25) is 18.9 Å². The lowest BCUT2D eigenvalue weighted by Crippen LogP contribution is -2.44. The van der Waals surface area contributed by atoms with E-state index in [9.17, 15) is 13.2 Å². The first-order valence-electron chi connectivity index (χ1n) is 11.1. The first-order chi connectivity index (χ1) is 14.6. The van der Waals surface area contributed by atoms with E-state index in [1.165, 1.54) is 10.6 Å². The molecule has 0 spiro atoms. The smallest absolute Gasteiger partial charge is 0.237 e. The maximum absolute atomic E-state index is 13.2. The Morgan fingerprint density at radius 1 is 1.13 bits per heavy atom. The first-order valence-corrected chi connectivity index (χ1v) is 13.3. The van der Waals surface area contributed by atoms with Crippen molar-refractivity contribution in [1.29, 1.82) is 0 Å². The van der Waals surface area contributed by atoms with Crippen molar-refractivity contribution in [3.63, 3.8) is 0 Å². The van der Waals surface area contributed by atoms with Gasteiger partial charge in [0.1, 0.15) is 0 Å². The highest BCUT2D eigenvalue weighted by Gasteiger charge is 2.26. The molecule has 1 aromatic rings. The number of carbonyl (C=O) groups excluding carboxylic acids is 1. The molecule has 0 aromatic heterocycles. The van der Waals surface area contributed by atoms with E-state index in [0.29, 0.717) is 49.4 Å². The van der Waals surface area contributed by atoms with Crippen molar-refractivity contribution in [2.75, 3.05) is 56.4 Å². The van der Waals surface area contributed by atoms with Crippen LogP contribution in [0.15, 0.2) is 18.2 Å². The van der Waals surface area contributed by atoms with Crippen molar-refractivity contribution in [3.05, 3.63) is 28.8 Å². The zero-order chi connectivity index (χ0) is 23.2. The van der Waals surface area contributed by atoms with E-state index >= 15 is 0 Å². The minimum atomic E-state index is -3.49. The molecule has 2 rings (SSSR count). The summed E-state index contributed by atoms with van der Waals surface area (Å²) in [6.07, 6.45) is 1.92. The molecule has 176 valence electrons. The van der Waals surface area contributed by atoms with E-state index in [4.69, 9.17) is 11.6 Å². The molecule has 0 aliphatic carbocycles. The standard InChI is InChI=1S/C22H37ClN4O3S/c1-6-24(7-2)17-22(28)26-14-13-25(18(3)4)11-8-12-27(31(5,29)30)21-15-20(23)10-9-19(21)16-26/h9-10,15,18H,6-8,11-14,16-17H2,1-5H3. The lowest BCUT2D eigenvalue weighted by Gasteiger charge is -2.31. The quantitative estimate of drug-likeness (QED) is 0.637. The highest BCUT2D eigenvalue weighted by Crippen LogP contribution is 2.29. The predicted octanol–water partition coefficient (Wildman–Crippen LogP) is 2.89. The largest absolute Gasteiger partial charge is 0.336 e. The van der Waals surface area contributed by atoms with Crippen LogP contribution >= 0.6 is 11.6 Å². The minimum Gasteiger partial charge on any atom is -0.336 e. The van der Waals surface area contributed by atoms with Crippen LogP contribution in [0.25, 0.3) is 0 Å². The van der Waals surface area contributed by atoms with E-state index in [0.717, 1.165) is 31.7 Å². The third-order valence-corrected chi connectivity index (χ3v) is 7.29. The monoisotopic (exact) mass is 472 g/mol. The fourth-order valence-electron chi connectivity index (χ4n) is 3.90. The Morgan fingerprint density at radius 2 is 1.81 bits per heavy atom. The maximum atomic E-state index is 13.2. The van der Waals surface area contributed by atoms with Crippen molar-refractivity contribution in [2.24, 2.45) is 0 Å². The van der Waals surface area contributed by atoms with Gasteiger partial charge in [0, 0.05) is 43.8 Å². The molecule has 0 bridgehead atoms. The molecule has 0 saturated carbocycles. The van der Waals surface area contributed by atoms with Gasteiger partial charge in [0.15, 0.2) is 0 Å². The van der Waals surface area contributed by atoms with Gasteiger partial charge in [0.05, 0.1) is 18.5 Å². The van der Waals surface area contributed by atoms with Gasteiger partial charge in [0.2, 0.25) is 15.9 Å². The summed E-state index contributed by atoms with van der Waals surface area (Å²) >= 11 is 6.24. The summed E-state index contributed by atoms with van der Waals surface area (Å²) in [5.41, 5.74) is 1.36. The zero-order valence-corrected chi connectivity index (χ0v) is 21.0. The third kappa shape index (κ3) is 7.34. The number of fused-ring (bicyclic) bond motifs is 1. The SMILES string of the molecule is CCN(CC)CC(=O)N1CCN(C(C)C)CCCN(S(C)(=O)=O)c2cc(Cl)ccc2C1. The Bertz CT molecular complexity index is 843. The molecule has 1 heterocycles. The Balaban J connectivity index is 2.47. The number of hydrogen-bond acceptors (Lipinski definition) is 5. The zero-order valence-electron chi connectivity index (χ0n) is 19.5. The molecule has 31 heavy (non-hydrogen) atoms. The van der Waals surface area contributed by atoms with E-state index in [1.807, 2.05) is 24.8 Å². The number of amides is 1. The normalized spacial score (nSPS) is 17.0. The van der Waals surface area contributed by atoms with Gasteiger partial charge < -0.3 is 4.90 Å². The van der Waals surface area contributed by atoms with Gasteiger partial charge in [-0.15, -0.1) is 0 Å². The third-order valence-electron chi connectivity index (χ3n) is 5.88. The fraction of sp³-hybridized carbons (Fsp3) is 0.682. The van der Waals surface area contributed by atoms with Crippen molar-refractivity contribution in [3.8, 4) is 0 Å². The van der Waals surface area contributed by atoms with Gasteiger partial charge in [-0.25, -0.2) is 8.42 Å². The number of sulfonamides is 1. The highest BCUT2D eigenvalue weighted by atomic mass is 35.5. The van der Waals surface area contributed by atoms with Gasteiger partial charge in [-0.05, 0) is 51.1 Å². The number of nitrogens with zero attached hydrogens (tertiary/aromatic N) is 4. The van der Waals surface area contributed by atoms with Crippen LogP contribution in [-0.2, 0) is 21.4 Å². The molecule has 0 unspecified atom stereocenters. The Labute approximate surface area is 193 Å². The van der Waals surface area contributed by atoms with Gasteiger partial charge >= 0.3 is 0 Å². The molecule has 7 nitrogen and oxygen atoms in total. The summed E-state index contributed by atoms with van der Waals surface area (Å²) in [5.74, 6) is 0.0541. The van der Waals surface area contributed by atoms with E-state index in [-0.39, 0.29) is 5.91 Å². The van der Waals surface area contributed by atoms with E-state index in [2.05, 4.69) is 23.6 Å². The van der Waals surface area contributed by atoms with Crippen LogP contribution in [0.5, 0.6) is 0 Å². The number of rotatable bonds is 6. The summed E-state index contributed by atoms with van der Waals surface area (Å²) in [5, 5.41) is 0.479. The lowest BCUT2D eigenvalue weighted by molar-refractivity contribution is -0.133. The molecule has 1 amide bonds. The summed E-state index contributed by atoms with van der Waals surface area (Å²) in [4.78, 5) is 19.5. The molecule has 0 radical (unpaired) electrons. The lowest BCUT2D eigenvalue weighted by atomic mass is 10.1. The number of carbonyl (C=O) groups is 1. The summed E-state index contributed by atoms with van der Waals surface area (Å²) in [7, 11) is -3.49. The molecular formula is C22H37ClN4O3S. The molecule has 0 fully saturated rings. The number of hydrogen-bond donors (Lipinski definition) is 0. The molecule has 1 aromatic carbocycles. The Morgan fingerprint density at radius 3 is 2.39 bits per heavy atom. The van der Waals surface area contributed by atoms with Crippen LogP contribution in [0.1, 0.15) is 39.7 Å². The van der Waals surface area contributed by atoms with Crippen LogP contribution in [0.3, 0.4) is 0 Å². The van der Waals surface area contributed by atoms with Crippen molar-refractivity contribution >= 4 is 33.2 Å². The Kier molecular flexibility index (Phi) is 9.61. The van der Waals surface area contributed by atoms with Crippen LogP contribution in [0, 0.1) is 0 Å². The molecule has 9 heteroatoms. The number of likely N-dealkylation sites (N-methyl/N-ethyl adjacent to an activating group) is 1. The average molecular weight is 473 g/mol. The first kappa shape index (κ1) is 25.9. The van der Waals surface area contributed by atoms with Crippen LogP contribution in [0.2, 0.25) is 5.02 Å². The second kappa shape index (κ2) is 11.5. The van der Waals surface area contributed by atoms with Gasteiger partial charge in [0.25, 0.3) is 0 Å². The van der Waals surface area contributed by atoms with E-state index in [1.54, 1.807) is 12.1 Å². The second-order valence-electron chi connectivity index (χ2n) is 8.37. The van der Waals surface area contributed by atoms with Crippen LogP contribution in [-0.4, -0.2) is 87.1 Å². The highest BCUT2D eigenvalue weighted by molar-refractivity contribution is 7.92. The molecular weight excluding hydrogens is 436 g/mol. The number of benzene rings is 1. The topological polar surface area (TPSA) is 64.2 Å². The van der Waals surface area contributed by atoms with Gasteiger partial charge in [-0.1, -0.05) is 31.5 Å². The summed E-state index contributed by atoms with van der Waals surface area (Å²) in [6, 6.07) is 5.60.